The lowest BCUT2D eigenvalue weighted by Crippen LogP contribution is -2.44. The second kappa shape index (κ2) is 7.48. The molecule has 0 aliphatic heterocycles. The van der Waals surface area contributed by atoms with Crippen LogP contribution in [0.15, 0.2) is 55.0 Å². The van der Waals surface area contributed by atoms with E-state index >= 15 is 0 Å². The quantitative estimate of drug-likeness (QED) is 0.608. The summed E-state index contributed by atoms with van der Waals surface area (Å²) in [6, 6.07) is 12.2. The summed E-state index contributed by atoms with van der Waals surface area (Å²) in [6.07, 6.45) is 3.15. The van der Waals surface area contributed by atoms with Crippen LogP contribution in [0.3, 0.4) is 0 Å². The van der Waals surface area contributed by atoms with Crippen LogP contribution in [0.1, 0.15) is 5.69 Å². The number of amides is 1. The zero-order valence-electron chi connectivity index (χ0n) is 13.3. The average molecular weight is 339 g/mol. The third-order valence-corrected chi connectivity index (χ3v) is 3.71. The summed E-state index contributed by atoms with van der Waals surface area (Å²) < 4.78 is 5.57. The van der Waals surface area contributed by atoms with Crippen LogP contribution in [0.2, 0.25) is 0 Å². The molecule has 3 N–H and O–H groups in total. The number of H-pyrrole nitrogens is 1. The number of imidazole rings is 1. The van der Waals surface area contributed by atoms with Gasteiger partial charge in [-0.25, -0.2) is 9.78 Å². The molecule has 2 aromatic carbocycles. The summed E-state index contributed by atoms with van der Waals surface area (Å²) in [5.74, 6) is -1.05. The van der Waals surface area contributed by atoms with E-state index in [1.165, 1.54) is 6.33 Å². The molecule has 0 spiro atoms. The highest BCUT2D eigenvalue weighted by molar-refractivity contribution is 5.89. The van der Waals surface area contributed by atoms with Crippen molar-refractivity contribution in [2.24, 2.45) is 0 Å². The number of hydrogen-bond acceptors (Lipinski definition) is 4. The largest absolute Gasteiger partial charge is 0.483 e. The zero-order chi connectivity index (χ0) is 17.6. The highest BCUT2D eigenvalue weighted by atomic mass is 16.5. The van der Waals surface area contributed by atoms with Gasteiger partial charge < -0.3 is 20.1 Å². The second-order valence-corrected chi connectivity index (χ2v) is 5.49. The van der Waals surface area contributed by atoms with Gasteiger partial charge in [-0.2, -0.15) is 0 Å². The molecule has 0 aliphatic rings. The number of aromatic nitrogens is 2. The maximum atomic E-state index is 12.1. The first-order chi connectivity index (χ1) is 12.1. The molecule has 0 unspecified atom stereocenters. The van der Waals surface area contributed by atoms with Gasteiger partial charge in [0.15, 0.2) is 6.61 Å². The SMILES string of the molecule is O=C(COc1cccc2ccccc12)N[C@@H](Cc1c[nH]cn1)C(=O)O. The van der Waals surface area contributed by atoms with Gasteiger partial charge in [0.05, 0.1) is 12.0 Å². The van der Waals surface area contributed by atoms with E-state index < -0.39 is 17.9 Å². The summed E-state index contributed by atoms with van der Waals surface area (Å²) in [7, 11) is 0. The number of benzene rings is 2. The van der Waals surface area contributed by atoms with Crippen LogP contribution in [-0.2, 0) is 16.0 Å². The van der Waals surface area contributed by atoms with Gasteiger partial charge in [0.1, 0.15) is 11.8 Å². The van der Waals surface area contributed by atoms with E-state index in [4.69, 9.17) is 4.74 Å². The van der Waals surface area contributed by atoms with Gasteiger partial charge in [-0.1, -0.05) is 36.4 Å². The van der Waals surface area contributed by atoms with Crippen LogP contribution >= 0.6 is 0 Å². The van der Waals surface area contributed by atoms with Crippen LogP contribution in [0, 0.1) is 0 Å². The Labute approximate surface area is 143 Å². The molecule has 0 saturated heterocycles. The van der Waals surface area contributed by atoms with Gasteiger partial charge in [0.25, 0.3) is 5.91 Å². The number of nitrogens with one attached hydrogen (secondary N) is 2. The van der Waals surface area contributed by atoms with Crippen molar-refractivity contribution in [3.8, 4) is 5.75 Å². The fraction of sp³-hybridized carbons (Fsp3) is 0.167. The minimum Gasteiger partial charge on any atom is -0.483 e. The maximum absolute atomic E-state index is 12.1. The topological polar surface area (TPSA) is 104 Å². The third-order valence-electron chi connectivity index (χ3n) is 3.71. The summed E-state index contributed by atoms with van der Waals surface area (Å²) in [5.41, 5.74) is 0.558. The minimum absolute atomic E-state index is 0.0961. The molecule has 128 valence electrons. The number of ether oxygens (including phenoxy) is 1. The Morgan fingerprint density at radius 2 is 2.00 bits per heavy atom. The fourth-order valence-electron chi connectivity index (χ4n) is 2.51. The first kappa shape index (κ1) is 16.5. The second-order valence-electron chi connectivity index (χ2n) is 5.49. The number of aromatic amines is 1. The number of carboxylic acids is 1. The normalized spacial score (nSPS) is 11.8. The predicted octanol–water partition coefficient (Wildman–Crippen LogP) is 1.75. The van der Waals surface area contributed by atoms with Crippen LogP contribution in [-0.4, -0.2) is 39.6 Å². The highest BCUT2D eigenvalue weighted by Gasteiger charge is 2.21. The molecule has 0 aliphatic carbocycles. The number of fused-ring (bicyclic) bond motifs is 1. The molecule has 3 rings (SSSR count). The lowest BCUT2D eigenvalue weighted by Gasteiger charge is -2.14. The minimum atomic E-state index is -1.12. The molecule has 3 aromatic rings. The molecule has 0 fully saturated rings. The van der Waals surface area contributed by atoms with Gasteiger partial charge in [-0.15, -0.1) is 0 Å². The number of carbonyl (C=O) groups is 2. The van der Waals surface area contributed by atoms with E-state index in [0.717, 1.165) is 10.8 Å². The Morgan fingerprint density at radius 3 is 2.76 bits per heavy atom. The molecule has 1 aromatic heterocycles. The van der Waals surface area contributed by atoms with E-state index in [1.54, 1.807) is 12.3 Å². The Kier molecular flexibility index (Phi) is 4.94. The van der Waals surface area contributed by atoms with Crippen molar-refractivity contribution in [3.05, 3.63) is 60.7 Å². The van der Waals surface area contributed by atoms with Gasteiger partial charge >= 0.3 is 5.97 Å². The van der Waals surface area contributed by atoms with Crippen molar-refractivity contribution in [1.29, 1.82) is 0 Å². The first-order valence-electron chi connectivity index (χ1n) is 7.74. The summed E-state index contributed by atoms with van der Waals surface area (Å²) in [5, 5.41) is 13.6. The van der Waals surface area contributed by atoms with Crippen molar-refractivity contribution in [1.82, 2.24) is 15.3 Å². The molecule has 7 nitrogen and oxygen atoms in total. The molecule has 0 bridgehead atoms. The third kappa shape index (κ3) is 4.14. The van der Waals surface area contributed by atoms with Gasteiger partial charge in [-0.05, 0) is 11.5 Å². The van der Waals surface area contributed by atoms with Crippen LogP contribution in [0.25, 0.3) is 10.8 Å². The molecular formula is C18H17N3O4. The average Bonchev–Trinajstić information content (AvgIpc) is 3.12. The van der Waals surface area contributed by atoms with Crippen LogP contribution in [0.4, 0.5) is 0 Å². The number of carboxylic acid groups (broad SMARTS) is 1. The van der Waals surface area contributed by atoms with E-state index in [9.17, 15) is 14.7 Å². The Bertz CT molecular complexity index is 872. The van der Waals surface area contributed by atoms with E-state index in [0.29, 0.717) is 11.4 Å². The zero-order valence-corrected chi connectivity index (χ0v) is 13.3. The predicted molar refractivity (Wildman–Crippen MR) is 91.3 cm³/mol. The molecule has 7 heteroatoms. The first-order valence-corrected chi connectivity index (χ1v) is 7.74. The number of carbonyl (C=O) groups excluding carboxylic acids is 1. The fourth-order valence-corrected chi connectivity index (χ4v) is 2.51. The van der Waals surface area contributed by atoms with Crippen molar-refractivity contribution < 1.29 is 19.4 Å². The molecule has 0 saturated carbocycles. The monoisotopic (exact) mass is 339 g/mol. The summed E-state index contributed by atoms with van der Waals surface area (Å²) in [6.45, 7) is -0.266. The van der Waals surface area contributed by atoms with Crippen molar-refractivity contribution >= 4 is 22.6 Å². The lowest BCUT2D eigenvalue weighted by molar-refractivity contribution is -0.142. The molecule has 1 amide bonds. The molecule has 1 atom stereocenters. The summed E-state index contributed by atoms with van der Waals surface area (Å²) >= 11 is 0. The molecular weight excluding hydrogens is 322 g/mol. The smallest absolute Gasteiger partial charge is 0.326 e. The van der Waals surface area contributed by atoms with Gasteiger partial charge in [0.2, 0.25) is 0 Å². The van der Waals surface area contributed by atoms with Crippen LogP contribution in [0.5, 0.6) is 5.75 Å². The van der Waals surface area contributed by atoms with Crippen molar-refractivity contribution in [3.63, 3.8) is 0 Å². The van der Waals surface area contributed by atoms with E-state index in [1.807, 2.05) is 36.4 Å². The molecule has 1 heterocycles. The van der Waals surface area contributed by atoms with E-state index in [2.05, 4.69) is 15.3 Å². The number of nitrogens with zero attached hydrogens (tertiary/aromatic N) is 1. The number of rotatable bonds is 7. The number of aliphatic carboxylic acids is 1. The van der Waals surface area contributed by atoms with Crippen molar-refractivity contribution in [2.45, 2.75) is 12.5 Å². The Balaban J connectivity index is 1.62. The number of hydrogen-bond donors (Lipinski definition) is 3. The lowest BCUT2D eigenvalue weighted by atomic mass is 10.1. The standard InChI is InChI=1S/C18H17N3O4/c22-17(21-15(18(23)24)8-13-9-19-11-20-13)10-25-16-7-3-5-12-4-1-2-6-14(12)16/h1-7,9,11,15H,8,10H2,(H,19,20)(H,21,22)(H,23,24)/t15-/m0/s1. The Hall–Kier alpha value is -3.35. The van der Waals surface area contributed by atoms with Gasteiger partial charge in [-0.3, -0.25) is 4.79 Å². The molecule has 25 heavy (non-hydrogen) atoms. The summed E-state index contributed by atoms with van der Waals surface area (Å²) in [4.78, 5) is 30.1. The van der Waals surface area contributed by atoms with E-state index in [-0.39, 0.29) is 13.0 Å². The molecule has 0 radical (unpaired) electrons. The highest BCUT2D eigenvalue weighted by Crippen LogP contribution is 2.24. The maximum Gasteiger partial charge on any atom is 0.326 e. The Morgan fingerprint density at radius 1 is 1.20 bits per heavy atom. The van der Waals surface area contributed by atoms with Gasteiger partial charge in [0, 0.05) is 18.0 Å². The van der Waals surface area contributed by atoms with Crippen LogP contribution < -0.4 is 10.1 Å². The van der Waals surface area contributed by atoms with Crippen molar-refractivity contribution in [2.75, 3.05) is 6.61 Å².